The Morgan fingerprint density at radius 1 is 0.333 bits per heavy atom. The minimum Gasteiger partial charge on any atom is -0.455 e. The zero-order valence-electron chi connectivity index (χ0n) is 35.4. The zero-order chi connectivity index (χ0) is 44.0. The summed E-state index contributed by atoms with van der Waals surface area (Å²) in [6.45, 7) is 0. The molecule has 10 aromatic carbocycles. The first-order valence-corrected chi connectivity index (χ1v) is 22.3. The van der Waals surface area contributed by atoms with E-state index in [4.69, 9.17) is 14.6 Å². The van der Waals surface area contributed by atoms with Crippen LogP contribution in [0.4, 0.5) is 17.1 Å². The fourth-order valence-electron chi connectivity index (χ4n) is 8.22. The number of halogens is 1. The van der Waals surface area contributed by atoms with Gasteiger partial charge in [-0.1, -0.05) is 205 Å². The molecule has 0 unspecified atom stereocenters. The van der Waals surface area contributed by atoms with Gasteiger partial charge in [0.15, 0.2) is 0 Å². The molecular weight excluding hydrogens is 873 g/mol. The van der Waals surface area contributed by atoms with E-state index in [1.165, 1.54) is 27.6 Å². The maximum Gasteiger partial charge on any atom is 0.143 e. The number of furan rings is 2. The molecule has 320 valence electrons. The normalized spacial score (nSPS) is 10.7. The van der Waals surface area contributed by atoms with E-state index in [1.54, 1.807) is 0 Å². The Morgan fingerprint density at radius 3 is 1.27 bits per heavy atom. The smallest absolute Gasteiger partial charge is 0.143 e. The number of anilines is 3. The number of nitrogen functional groups attached to an aromatic ring is 1. The number of nitrogens with two attached hydrogens (primary N) is 1. The minimum absolute atomic E-state index is 0. The van der Waals surface area contributed by atoms with Gasteiger partial charge in [0.2, 0.25) is 0 Å². The molecular formula is C61H47BrN2O2. The van der Waals surface area contributed by atoms with Crippen molar-refractivity contribution in [2.45, 2.75) is 7.43 Å². The first-order chi connectivity index (χ1) is 32.0. The van der Waals surface area contributed by atoms with Gasteiger partial charge in [0, 0.05) is 54.2 Å². The fraction of sp³-hybridized carbons (Fsp3) is 0.0164. The van der Waals surface area contributed by atoms with Crippen LogP contribution in [0, 0.1) is 0 Å². The molecule has 12 rings (SSSR count). The lowest BCUT2D eigenvalue weighted by Crippen LogP contribution is -1.91. The van der Waals surface area contributed by atoms with Gasteiger partial charge in [0.25, 0.3) is 0 Å². The Balaban J connectivity index is 0.000000137. The topological polar surface area (TPSA) is 64.3 Å². The highest BCUT2D eigenvalue weighted by Gasteiger charge is 2.13. The minimum atomic E-state index is 0. The summed E-state index contributed by atoms with van der Waals surface area (Å²) in [6.07, 6.45) is 0. The summed E-state index contributed by atoms with van der Waals surface area (Å²) in [4.78, 5) is 0. The van der Waals surface area contributed by atoms with Crippen LogP contribution in [0.2, 0.25) is 0 Å². The standard InChI is InChI=1S/C30H21NO.C18H11BrO.C12H11N.CH4/c1-2-8-21(9-3-1)22-16-18-24(19-17-22)31-25-11-6-10-23(20-25)26-13-7-14-28-27-12-4-5-15-29(27)32-30(26)28;19-13-6-3-5-12(11-13)14-8-4-9-16-15-7-1-2-10-17(15)20-18(14)16;13-12-8-6-11(7-9-12)10-4-2-1-3-5-10;/h1-20,31H;1-11H;1-9H,13H2;1H4. The molecule has 0 radical (unpaired) electrons. The number of para-hydroxylation sites is 4. The molecule has 3 N–H and O–H groups in total. The molecule has 66 heavy (non-hydrogen) atoms. The van der Waals surface area contributed by atoms with Crippen LogP contribution in [-0.2, 0) is 0 Å². The van der Waals surface area contributed by atoms with E-state index in [9.17, 15) is 0 Å². The third-order valence-corrected chi connectivity index (χ3v) is 11.9. The molecule has 0 atom stereocenters. The zero-order valence-corrected chi connectivity index (χ0v) is 37.0. The lowest BCUT2D eigenvalue weighted by molar-refractivity contribution is 0.669. The molecule has 0 bridgehead atoms. The van der Waals surface area contributed by atoms with Crippen LogP contribution in [0.25, 0.3) is 88.4 Å². The predicted octanol–water partition coefficient (Wildman–Crippen LogP) is 18.3. The molecule has 4 nitrogen and oxygen atoms in total. The second-order valence-corrected chi connectivity index (χ2v) is 16.6. The van der Waals surface area contributed by atoms with Gasteiger partial charge in [-0.3, -0.25) is 0 Å². The molecule has 0 aliphatic heterocycles. The van der Waals surface area contributed by atoms with E-state index in [2.05, 4.69) is 173 Å². The van der Waals surface area contributed by atoms with Gasteiger partial charge in [-0.15, -0.1) is 0 Å². The molecule has 0 amide bonds. The summed E-state index contributed by atoms with van der Waals surface area (Å²) in [5.41, 5.74) is 21.6. The summed E-state index contributed by atoms with van der Waals surface area (Å²) in [6, 6.07) is 82.9. The van der Waals surface area contributed by atoms with Crippen LogP contribution in [0.3, 0.4) is 0 Å². The maximum atomic E-state index is 6.23. The van der Waals surface area contributed by atoms with Crippen LogP contribution >= 0.6 is 15.9 Å². The van der Waals surface area contributed by atoms with Gasteiger partial charge in [-0.2, -0.15) is 0 Å². The fourth-order valence-corrected chi connectivity index (χ4v) is 8.62. The average Bonchev–Trinajstić information content (AvgIpc) is 3.95. The largest absolute Gasteiger partial charge is 0.455 e. The molecule has 5 heteroatoms. The SMILES string of the molecule is Brc1cccc(-c2cccc3c2oc2ccccc23)c1.C.Nc1ccc(-c2ccccc2)cc1.c1ccc(-c2ccc(Nc3cccc(-c4cccc5c4oc4ccccc45)c3)cc2)cc1. The van der Waals surface area contributed by atoms with Crippen molar-refractivity contribution in [2.24, 2.45) is 0 Å². The Morgan fingerprint density at radius 2 is 0.742 bits per heavy atom. The first kappa shape index (κ1) is 43.1. The molecule has 0 aliphatic carbocycles. The van der Waals surface area contributed by atoms with E-state index < -0.39 is 0 Å². The number of fused-ring (bicyclic) bond motifs is 6. The van der Waals surface area contributed by atoms with Gasteiger partial charge >= 0.3 is 0 Å². The first-order valence-electron chi connectivity index (χ1n) is 21.5. The Bertz CT molecular complexity index is 3520. The summed E-state index contributed by atoms with van der Waals surface area (Å²) in [7, 11) is 0. The van der Waals surface area contributed by atoms with Crippen LogP contribution < -0.4 is 11.1 Å². The highest BCUT2D eigenvalue weighted by molar-refractivity contribution is 9.10. The van der Waals surface area contributed by atoms with Gasteiger partial charge in [-0.05, 0) is 94.0 Å². The molecule has 0 aliphatic rings. The number of benzene rings is 10. The van der Waals surface area contributed by atoms with E-state index >= 15 is 0 Å². The van der Waals surface area contributed by atoms with Crippen molar-refractivity contribution in [1.29, 1.82) is 0 Å². The van der Waals surface area contributed by atoms with Crippen LogP contribution in [0.15, 0.2) is 256 Å². The van der Waals surface area contributed by atoms with Crippen molar-refractivity contribution in [2.75, 3.05) is 11.1 Å². The van der Waals surface area contributed by atoms with E-state index in [0.717, 1.165) is 82.3 Å². The second-order valence-electron chi connectivity index (χ2n) is 15.7. The summed E-state index contributed by atoms with van der Waals surface area (Å²) in [5, 5.41) is 8.16. The van der Waals surface area contributed by atoms with E-state index in [0.29, 0.717) is 0 Å². The maximum absolute atomic E-state index is 6.23. The molecule has 0 spiro atoms. The number of hydrogen-bond donors (Lipinski definition) is 2. The highest BCUT2D eigenvalue weighted by atomic mass is 79.9. The van der Waals surface area contributed by atoms with E-state index in [-0.39, 0.29) is 7.43 Å². The predicted molar refractivity (Wildman–Crippen MR) is 284 cm³/mol. The highest BCUT2D eigenvalue weighted by Crippen LogP contribution is 2.38. The van der Waals surface area contributed by atoms with Gasteiger partial charge in [-0.25, -0.2) is 0 Å². The average molecular weight is 920 g/mol. The monoisotopic (exact) mass is 918 g/mol. The van der Waals surface area contributed by atoms with Crippen molar-refractivity contribution >= 4 is 76.9 Å². The summed E-state index contributed by atoms with van der Waals surface area (Å²) < 4.78 is 13.4. The third-order valence-electron chi connectivity index (χ3n) is 11.4. The summed E-state index contributed by atoms with van der Waals surface area (Å²) >= 11 is 3.53. The van der Waals surface area contributed by atoms with Gasteiger partial charge in [0.1, 0.15) is 22.3 Å². The van der Waals surface area contributed by atoms with Crippen LogP contribution in [0.5, 0.6) is 0 Å². The van der Waals surface area contributed by atoms with E-state index in [1.807, 2.05) is 91.0 Å². The Kier molecular flexibility index (Phi) is 12.9. The Hall–Kier alpha value is -8.12. The van der Waals surface area contributed by atoms with Crippen molar-refractivity contribution in [1.82, 2.24) is 0 Å². The van der Waals surface area contributed by atoms with Crippen molar-refractivity contribution < 1.29 is 8.83 Å². The number of rotatable bonds is 6. The summed E-state index contributed by atoms with van der Waals surface area (Å²) in [5.74, 6) is 0. The van der Waals surface area contributed by atoms with Gasteiger partial charge < -0.3 is 19.9 Å². The van der Waals surface area contributed by atoms with Crippen LogP contribution in [-0.4, -0.2) is 0 Å². The van der Waals surface area contributed by atoms with Crippen molar-refractivity contribution in [3.63, 3.8) is 0 Å². The lowest BCUT2D eigenvalue weighted by Gasteiger charge is -2.10. The molecule has 2 heterocycles. The Labute approximate surface area is 393 Å². The number of hydrogen-bond acceptors (Lipinski definition) is 4. The van der Waals surface area contributed by atoms with Gasteiger partial charge in [0.05, 0.1) is 0 Å². The second kappa shape index (κ2) is 19.7. The van der Waals surface area contributed by atoms with Crippen molar-refractivity contribution in [3.8, 4) is 44.5 Å². The van der Waals surface area contributed by atoms with Crippen molar-refractivity contribution in [3.05, 3.63) is 247 Å². The molecule has 0 fully saturated rings. The molecule has 0 saturated carbocycles. The quantitative estimate of drug-likeness (QED) is 0.163. The molecule has 12 aromatic rings. The third kappa shape index (κ3) is 9.39. The molecule has 2 aromatic heterocycles. The lowest BCUT2D eigenvalue weighted by atomic mass is 10.0. The number of nitrogens with one attached hydrogen (secondary N) is 1. The van der Waals surface area contributed by atoms with Crippen LogP contribution in [0.1, 0.15) is 7.43 Å². The molecule has 0 saturated heterocycles.